The molecule has 1 amide bonds. The molecule has 0 atom stereocenters. The second kappa shape index (κ2) is 9.99. The fourth-order valence-corrected chi connectivity index (χ4v) is 5.29. The van der Waals surface area contributed by atoms with E-state index in [1.165, 1.54) is 16.8 Å². The highest BCUT2D eigenvalue weighted by molar-refractivity contribution is 8.26. The summed E-state index contributed by atoms with van der Waals surface area (Å²) in [4.78, 5) is 17.1. The molecule has 0 radical (unpaired) electrons. The minimum absolute atomic E-state index is 0.0549. The lowest BCUT2D eigenvalue weighted by molar-refractivity contribution is -0.114. The molecule has 7 nitrogen and oxygen atoms in total. The van der Waals surface area contributed by atoms with Crippen LogP contribution in [0.5, 0.6) is 5.75 Å². The molecule has 0 bridgehead atoms. The van der Waals surface area contributed by atoms with Gasteiger partial charge in [0.2, 0.25) is 5.17 Å². The van der Waals surface area contributed by atoms with Gasteiger partial charge < -0.3 is 9.30 Å². The summed E-state index contributed by atoms with van der Waals surface area (Å²) in [5.74, 6) is 0.503. The molecule has 5 rings (SSSR count). The summed E-state index contributed by atoms with van der Waals surface area (Å²) < 4.78 is 8.34. The number of carbonyl (C=O) groups is 1. The maximum absolute atomic E-state index is 12.9. The first-order valence-corrected chi connectivity index (χ1v) is 12.7. The van der Waals surface area contributed by atoms with E-state index in [-0.39, 0.29) is 11.4 Å². The summed E-state index contributed by atoms with van der Waals surface area (Å²) >= 11 is 1.34. The Morgan fingerprint density at radius 3 is 2.75 bits per heavy atom. The van der Waals surface area contributed by atoms with Crippen LogP contribution in [0.4, 0.5) is 0 Å². The summed E-state index contributed by atoms with van der Waals surface area (Å²) in [6.45, 7) is 8.99. The first-order chi connectivity index (χ1) is 17.5. The maximum atomic E-state index is 12.9. The van der Waals surface area contributed by atoms with Gasteiger partial charge in [-0.15, -0.1) is 6.58 Å². The monoisotopic (exact) mass is 497 g/mol. The molecule has 36 heavy (non-hydrogen) atoms. The number of nitrogens with one attached hydrogen (secondary N) is 1. The average molecular weight is 498 g/mol. The van der Waals surface area contributed by atoms with Gasteiger partial charge >= 0.3 is 0 Å². The van der Waals surface area contributed by atoms with E-state index in [2.05, 4.69) is 27.3 Å². The van der Waals surface area contributed by atoms with E-state index in [4.69, 9.17) is 10.1 Å². The molecule has 182 valence electrons. The van der Waals surface area contributed by atoms with Gasteiger partial charge in [0.25, 0.3) is 5.91 Å². The van der Waals surface area contributed by atoms with Gasteiger partial charge in [0, 0.05) is 22.2 Å². The molecule has 2 aliphatic heterocycles. The predicted molar refractivity (Wildman–Crippen MR) is 148 cm³/mol. The van der Waals surface area contributed by atoms with Crippen LogP contribution in [0.15, 0.2) is 76.9 Å². The molecule has 0 saturated carbocycles. The Morgan fingerprint density at radius 2 is 1.94 bits per heavy atom. The van der Waals surface area contributed by atoms with Crippen LogP contribution < -0.4 is 4.74 Å². The van der Waals surface area contributed by atoms with Crippen LogP contribution in [-0.2, 0) is 17.8 Å². The molecular weight excluding hydrogens is 470 g/mol. The van der Waals surface area contributed by atoms with E-state index < -0.39 is 5.91 Å². The molecule has 0 aliphatic carbocycles. The zero-order chi connectivity index (χ0) is 25.2. The number of hydrazone groups is 1. The molecule has 1 aromatic heterocycles. The zero-order valence-corrected chi connectivity index (χ0v) is 21.1. The number of amidine groups is 2. The van der Waals surface area contributed by atoms with Gasteiger partial charge in [0.05, 0.1) is 12.1 Å². The van der Waals surface area contributed by atoms with Crippen LogP contribution >= 0.6 is 11.8 Å². The molecule has 0 unspecified atom stereocenters. The number of hydrogen-bond acceptors (Lipinski definition) is 5. The van der Waals surface area contributed by atoms with Gasteiger partial charge in [-0.1, -0.05) is 49.4 Å². The van der Waals surface area contributed by atoms with Crippen molar-refractivity contribution in [3.63, 3.8) is 0 Å². The number of carbonyl (C=O) groups excluding carboxylic acids is 1. The Balaban J connectivity index is 1.46. The van der Waals surface area contributed by atoms with Gasteiger partial charge in [0.1, 0.15) is 17.4 Å². The van der Waals surface area contributed by atoms with Crippen molar-refractivity contribution >= 4 is 50.7 Å². The summed E-state index contributed by atoms with van der Waals surface area (Å²) in [7, 11) is 0. The number of amides is 1. The van der Waals surface area contributed by atoms with Crippen molar-refractivity contribution in [3.8, 4) is 5.75 Å². The maximum Gasteiger partial charge on any atom is 0.283 e. The van der Waals surface area contributed by atoms with Crippen LogP contribution in [0, 0.1) is 12.3 Å². The van der Waals surface area contributed by atoms with Crippen LogP contribution in [0.25, 0.3) is 17.0 Å². The van der Waals surface area contributed by atoms with E-state index in [9.17, 15) is 4.79 Å². The number of aliphatic imine (C=N–C) groups is 1. The molecular formula is C28H27N5O2S. The highest BCUT2D eigenvalue weighted by Gasteiger charge is 2.35. The van der Waals surface area contributed by atoms with Gasteiger partial charge in [0.15, 0.2) is 5.84 Å². The van der Waals surface area contributed by atoms with Crippen LogP contribution in [-0.4, -0.2) is 38.1 Å². The van der Waals surface area contributed by atoms with Gasteiger partial charge in [-0.2, -0.15) is 15.1 Å². The van der Waals surface area contributed by atoms with Crippen molar-refractivity contribution in [3.05, 3.63) is 83.6 Å². The van der Waals surface area contributed by atoms with Gasteiger partial charge in [-0.25, -0.2) is 0 Å². The number of nitrogens with zero attached hydrogens (tertiary/aromatic N) is 4. The minimum Gasteiger partial charge on any atom is -0.491 e. The number of ether oxygens (including phenoxy) is 1. The number of rotatable bonds is 8. The second-order valence-corrected chi connectivity index (χ2v) is 9.52. The van der Waals surface area contributed by atoms with Crippen molar-refractivity contribution in [1.29, 1.82) is 5.41 Å². The van der Waals surface area contributed by atoms with E-state index in [0.29, 0.717) is 18.3 Å². The minimum atomic E-state index is -0.412. The third-order valence-electron chi connectivity index (χ3n) is 6.28. The van der Waals surface area contributed by atoms with Gasteiger partial charge in [-0.3, -0.25) is 10.2 Å². The molecule has 0 spiro atoms. The summed E-state index contributed by atoms with van der Waals surface area (Å²) in [5.41, 5.74) is 4.29. The molecule has 0 saturated heterocycles. The Morgan fingerprint density at radius 1 is 1.17 bits per heavy atom. The van der Waals surface area contributed by atoms with Crippen LogP contribution in [0.2, 0.25) is 0 Å². The third-order valence-corrected chi connectivity index (χ3v) is 7.33. The average Bonchev–Trinajstić information content (AvgIpc) is 3.42. The first-order valence-electron chi connectivity index (χ1n) is 11.9. The van der Waals surface area contributed by atoms with Crippen LogP contribution in [0.3, 0.4) is 0 Å². The summed E-state index contributed by atoms with van der Waals surface area (Å²) in [6, 6.07) is 16.1. The topological polar surface area (TPSA) is 83.0 Å². The zero-order valence-electron chi connectivity index (χ0n) is 20.3. The van der Waals surface area contributed by atoms with Crippen molar-refractivity contribution in [1.82, 2.24) is 9.58 Å². The SMILES string of the molecule is C=CCc1ccccc1OCCn1c(C)c(/C=C2/C(=N)N3N=C(CC)SC3=NC2=O)c2ccccc21. The number of benzene rings is 2. The fourth-order valence-electron chi connectivity index (χ4n) is 4.46. The smallest absolute Gasteiger partial charge is 0.283 e. The third kappa shape index (κ3) is 4.28. The summed E-state index contributed by atoms with van der Waals surface area (Å²) in [5, 5.41) is 16.9. The van der Waals surface area contributed by atoms with E-state index in [1.54, 1.807) is 6.08 Å². The number of fused-ring (bicyclic) bond motifs is 2. The molecule has 8 heteroatoms. The quantitative estimate of drug-likeness (QED) is 0.316. The Labute approximate surface area is 214 Å². The second-order valence-electron chi connectivity index (χ2n) is 8.48. The molecule has 0 fully saturated rings. The van der Waals surface area contributed by atoms with Crippen molar-refractivity contribution < 1.29 is 9.53 Å². The highest BCUT2D eigenvalue weighted by Crippen LogP contribution is 2.32. The largest absolute Gasteiger partial charge is 0.491 e. The Hall–Kier alpha value is -3.91. The van der Waals surface area contributed by atoms with Crippen molar-refractivity contribution in [2.24, 2.45) is 10.1 Å². The van der Waals surface area contributed by atoms with Gasteiger partial charge in [-0.05, 0) is 55.3 Å². The lowest BCUT2D eigenvalue weighted by Crippen LogP contribution is -2.35. The van der Waals surface area contributed by atoms with Crippen LogP contribution in [0.1, 0.15) is 30.2 Å². The molecule has 1 N–H and O–H groups in total. The Bertz CT molecular complexity index is 1480. The Kier molecular flexibility index (Phi) is 6.61. The summed E-state index contributed by atoms with van der Waals surface area (Å²) in [6.07, 6.45) is 5.14. The first kappa shape index (κ1) is 23.8. The fraction of sp³-hybridized carbons (Fsp3) is 0.214. The normalized spacial score (nSPS) is 16.4. The van der Waals surface area contributed by atoms with E-state index in [0.717, 1.165) is 51.4 Å². The van der Waals surface area contributed by atoms with E-state index in [1.807, 2.05) is 62.4 Å². The lowest BCUT2D eigenvalue weighted by atomic mass is 10.1. The van der Waals surface area contributed by atoms with Crippen molar-refractivity contribution in [2.75, 3.05) is 6.61 Å². The number of allylic oxidation sites excluding steroid dienone is 1. The van der Waals surface area contributed by atoms with Crippen molar-refractivity contribution in [2.45, 2.75) is 33.2 Å². The lowest BCUT2D eigenvalue weighted by Gasteiger charge is -2.20. The van der Waals surface area contributed by atoms with E-state index >= 15 is 0 Å². The number of thioether (sulfide) groups is 1. The standard InChI is InChI=1S/C28H27N5O2S/c1-4-10-19-11-6-9-14-24(19)35-16-15-32-18(3)21(20-12-7-8-13-23(20)32)17-22-26(29)33-28(30-27(22)34)36-25(5-2)31-33/h4,6-9,11-14,17,29H,1,5,10,15-16H2,2-3H3/b22-17-,29-26?. The molecule has 2 aromatic carbocycles. The molecule has 3 aromatic rings. The predicted octanol–water partition coefficient (Wildman–Crippen LogP) is 5.79. The molecule has 3 heterocycles. The number of hydrogen-bond donors (Lipinski definition) is 1. The highest BCUT2D eigenvalue weighted by atomic mass is 32.2. The number of aromatic nitrogens is 1. The number of para-hydroxylation sites is 2. The molecule has 2 aliphatic rings.